The third-order valence-corrected chi connectivity index (χ3v) is 3.78. The summed E-state index contributed by atoms with van der Waals surface area (Å²) in [5.41, 5.74) is 2.44. The Balaban J connectivity index is 1.91. The topological polar surface area (TPSA) is 34.1 Å². The van der Waals surface area contributed by atoms with E-state index in [0.29, 0.717) is 5.92 Å². The molecule has 3 heteroatoms. The zero-order valence-corrected chi connectivity index (χ0v) is 13.8. The molecule has 0 bridgehead atoms. The molecule has 0 amide bonds. The molecule has 21 heavy (non-hydrogen) atoms. The van der Waals surface area contributed by atoms with Crippen LogP contribution in [-0.2, 0) is 13.0 Å². The predicted molar refractivity (Wildman–Crippen MR) is 87.6 cm³/mol. The molecule has 0 atom stereocenters. The normalized spacial score (nSPS) is 14.7. The molecule has 0 unspecified atom stereocenters. The number of hydrogen-bond acceptors (Lipinski definition) is 3. The first-order valence-corrected chi connectivity index (χ1v) is 8.50. The quantitative estimate of drug-likeness (QED) is 0.708. The smallest absolute Gasteiger partial charge is 0.213 e. The highest BCUT2D eigenvalue weighted by Gasteiger charge is 2.20. The van der Waals surface area contributed by atoms with Crippen molar-refractivity contribution >= 4 is 0 Å². The summed E-state index contributed by atoms with van der Waals surface area (Å²) in [5.74, 6) is 2.40. The van der Waals surface area contributed by atoms with Crippen LogP contribution in [0.5, 0.6) is 5.88 Å². The lowest BCUT2D eigenvalue weighted by atomic mass is 10.1. The van der Waals surface area contributed by atoms with E-state index in [-0.39, 0.29) is 0 Å². The Hall–Kier alpha value is -1.09. The van der Waals surface area contributed by atoms with Crippen molar-refractivity contribution in [2.75, 3.05) is 13.2 Å². The fourth-order valence-electron chi connectivity index (χ4n) is 2.42. The second-order valence-electron chi connectivity index (χ2n) is 6.66. The van der Waals surface area contributed by atoms with Gasteiger partial charge in [-0.2, -0.15) is 0 Å². The van der Waals surface area contributed by atoms with Crippen LogP contribution in [0.1, 0.15) is 57.7 Å². The van der Waals surface area contributed by atoms with Crippen molar-refractivity contribution in [1.29, 1.82) is 0 Å². The lowest BCUT2D eigenvalue weighted by molar-refractivity contribution is 0.290. The van der Waals surface area contributed by atoms with Crippen LogP contribution in [0.4, 0.5) is 0 Å². The number of nitrogens with one attached hydrogen (secondary N) is 1. The van der Waals surface area contributed by atoms with E-state index in [1.807, 2.05) is 0 Å². The molecule has 1 aromatic heterocycles. The van der Waals surface area contributed by atoms with Gasteiger partial charge in [-0.3, -0.25) is 0 Å². The Morgan fingerprint density at radius 3 is 2.81 bits per heavy atom. The van der Waals surface area contributed by atoms with Gasteiger partial charge in [-0.05, 0) is 42.9 Å². The van der Waals surface area contributed by atoms with E-state index in [2.05, 4.69) is 43.2 Å². The predicted octanol–water partition coefficient (Wildman–Crippen LogP) is 3.96. The number of aromatic nitrogens is 1. The third-order valence-electron chi connectivity index (χ3n) is 3.78. The Bertz CT molecular complexity index is 401. The van der Waals surface area contributed by atoms with E-state index >= 15 is 0 Å². The molecule has 1 aliphatic rings. The average molecular weight is 290 g/mol. The van der Waals surface area contributed by atoms with Gasteiger partial charge in [-0.25, -0.2) is 4.98 Å². The van der Waals surface area contributed by atoms with Crippen LogP contribution < -0.4 is 10.1 Å². The minimum Gasteiger partial charge on any atom is -0.478 e. The third kappa shape index (κ3) is 6.47. The molecule has 0 aromatic carbocycles. The maximum Gasteiger partial charge on any atom is 0.213 e. The van der Waals surface area contributed by atoms with Crippen LogP contribution in [0, 0.1) is 11.8 Å². The van der Waals surface area contributed by atoms with Gasteiger partial charge >= 0.3 is 0 Å². The van der Waals surface area contributed by atoms with Crippen LogP contribution in [0.25, 0.3) is 0 Å². The summed E-state index contributed by atoms with van der Waals surface area (Å²) in [6.45, 7) is 9.41. The van der Waals surface area contributed by atoms with Gasteiger partial charge in [-0.1, -0.05) is 40.0 Å². The highest BCUT2D eigenvalue weighted by molar-refractivity contribution is 5.25. The van der Waals surface area contributed by atoms with Crippen molar-refractivity contribution in [2.45, 2.75) is 59.4 Å². The maximum atomic E-state index is 5.87. The molecule has 0 spiro atoms. The van der Waals surface area contributed by atoms with E-state index in [4.69, 9.17) is 4.74 Å². The van der Waals surface area contributed by atoms with E-state index in [1.165, 1.54) is 24.8 Å². The fraction of sp³-hybridized carbons (Fsp3) is 0.722. The summed E-state index contributed by atoms with van der Waals surface area (Å²) in [6.07, 6.45) is 6.10. The van der Waals surface area contributed by atoms with Crippen molar-refractivity contribution in [3.8, 4) is 5.88 Å². The van der Waals surface area contributed by atoms with Gasteiger partial charge in [0.25, 0.3) is 0 Å². The molecule has 118 valence electrons. The van der Waals surface area contributed by atoms with Gasteiger partial charge in [-0.15, -0.1) is 0 Å². The Kier molecular flexibility index (Phi) is 6.50. The van der Waals surface area contributed by atoms with Crippen LogP contribution in [0.2, 0.25) is 0 Å². The molecule has 1 heterocycles. The van der Waals surface area contributed by atoms with Gasteiger partial charge in [0.2, 0.25) is 5.88 Å². The van der Waals surface area contributed by atoms with E-state index in [0.717, 1.165) is 50.0 Å². The number of aryl methyl sites for hydroxylation is 1. The van der Waals surface area contributed by atoms with Crippen molar-refractivity contribution in [3.63, 3.8) is 0 Å². The molecule has 0 aliphatic heterocycles. The van der Waals surface area contributed by atoms with Gasteiger partial charge < -0.3 is 10.1 Å². The van der Waals surface area contributed by atoms with E-state index in [9.17, 15) is 0 Å². The van der Waals surface area contributed by atoms with Gasteiger partial charge in [0, 0.05) is 18.3 Å². The highest BCUT2D eigenvalue weighted by atomic mass is 16.5. The second-order valence-corrected chi connectivity index (χ2v) is 6.66. The Morgan fingerprint density at radius 1 is 1.33 bits per heavy atom. The SMILES string of the molecule is CCCc1cc(CNCC(C)C)cc(OCCC2CC2)n1. The molecule has 3 nitrogen and oxygen atoms in total. The van der Waals surface area contributed by atoms with E-state index in [1.54, 1.807) is 0 Å². The molecule has 1 aliphatic carbocycles. The van der Waals surface area contributed by atoms with Gasteiger partial charge in [0.15, 0.2) is 0 Å². The van der Waals surface area contributed by atoms with Crippen molar-refractivity contribution in [3.05, 3.63) is 23.4 Å². The zero-order valence-electron chi connectivity index (χ0n) is 13.8. The number of pyridine rings is 1. The first kappa shape index (κ1) is 16.3. The maximum absolute atomic E-state index is 5.87. The second kappa shape index (κ2) is 8.38. The summed E-state index contributed by atoms with van der Waals surface area (Å²) in [4.78, 5) is 4.63. The summed E-state index contributed by atoms with van der Waals surface area (Å²) in [7, 11) is 0. The highest BCUT2D eigenvalue weighted by Crippen LogP contribution is 2.32. The largest absolute Gasteiger partial charge is 0.478 e. The van der Waals surface area contributed by atoms with Crippen LogP contribution >= 0.6 is 0 Å². The zero-order chi connectivity index (χ0) is 15.1. The molecule has 0 radical (unpaired) electrons. The lowest BCUT2D eigenvalue weighted by Crippen LogP contribution is -2.19. The van der Waals surface area contributed by atoms with Crippen LogP contribution in [0.3, 0.4) is 0 Å². The molecular formula is C18H30N2O. The van der Waals surface area contributed by atoms with Crippen molar-refractivity contribution in [2.24, 2.45) is 11.8 Å². The summed E-state index contributed by atoms with van der Waals surface area (Å²) < 4.78 is 5.87. The van der Waals surface area contributed by atoms with Crippen LogP contribution in [-0.4, -0.2) is 18.1 Å². The minimum atomic E-state index is 0.677. The van der Waals surface area contributed by atoms with Gasteiger partial charge in [0.1, 0.15) is 0 Å². The van der Waals surface area contributed by atoms with E-state index < -0.39 is 0 Å². The number of nitrogens with zero attached hydrogens (tertiary/aromatic N) is 1. The molecule has 1 saturated carbocycles. The molecule has 1 N–H and O–H groups in total. The number of hydrogen-bond donors (Lipinski definition) is 1. The first-order valence-electron chi connectivity index (χ1n) is 8.50. The Morgan fingerprint density at radius 2 is 2.14 bits per heavy atom. The summed E-state index contributed by atoms with van der Waals surface area (Å²) in [5, 5.41) is 3.50. The molecule has 1 fully saturated rings. The lowest BCUT2D eigenvalue weighted by Gasteiger charge is -2.11. The molecular weight excluding hydrogens is 260 g/mol. The number of ether oxygens (including phenoxy) is 1. The van der Waals surface area contributed by atoms with Crippen molar-refractivity contribution in [1.82, 2.24) is 10.3 Å². The fourth-order valence-corrected chi connectivity index (χ4v) is 2.42. The van der Waals surface area contributed by atoms with Crippen molar-refractivity contribution < 1.29 is 4.74 Å². The van der Waals surface area contributed by atoms with Crippen LogP contribution in [0.15, 0.2) is 12.1 Å². The molecule has 0 saturated heterocycles. The summed E-state index contributed by atoms with van der Waals surface area (Å²) >= 11 is 0. The monoisotopic (exact) mass is 290 g/mol. The Labute approximate surface area is 129 Å². The molecule has 2 rings (SSSR count). The number of rotatable bonds is 10. The van der Waals surface area contributed by atoms with Gasteiger partial charge in [0.05, 0.1) is 6.61 Å². The standard InChI is InChI=1S/C18H30N2O/c1-4-5-17-10-16(13-19-12-14(2)3)11-18(20-17)21-9-8-15-6-7-15/h10-11,14-15,19H,4-9,12-13H2,1-3H3. The average Bonchev–Trinajstić information content (AvgIpc) is 3.23. The first-order chi connectivity index (χ1) is 10.2. The summed E-state index contributed by atoms with van der Waals surface area (Å²) in [6, 6.07) is 4.31. The molecule has 1 aromatic rings. The minimum absolute atomic E-state index is 0.677.